The highest BCUT2D eigenvalue weighted by Crippen LogP contribution is 2.30. The van der Waals surface area contributed by atoms with Crippen LogP contribution < -0.4 is 10.1 Å². The van der Waals surface area contributed by atoms with Gasteiger partial charge in [-0.15, -0.1) is 0 Å². The SMILES string of the molecule is COc1ccccc1C(=O)NC1CCN(Cc2cccc(C(F)(F)F)c2)CC1. The van der Waals surface area contributed by atoms with E-state index in [1.807, 2.05) is 6.07 Å². The molecule has 0 aliphatic carbocycles. The van der Waals surface area contributed by atoms with E-state index in [1.54, 1.807) is 24.3 Å². The van der Waals surface area contributed by atoms with Gasteiger partial charge >= 0.3 is 6.18 Å². The van der Waals surface area contributed by atoms with Crippen molar-refractivity contribution >= 4 is 5.91 Å². The number of carbonyl (C=O) groups is 1. The van der Waals surface area contributed by atoms with Gasteiger partial charge in [0.05, 0.1) is 18.2 Å². The average Bonchev–Trinajstić information content (AvgIpc) is 2.69. The molecule has 0 saturated carbocycles. The second kappa shape index (κ2) is 8.65. The number of alkyl halides is 3. The molecule has 150 valence electrons. The molecule has 1 amide bonds. The van der Waals surface area contributed by atoms with Gasteiger partial charge < -0.3 is 10.1 Å². The predicted molar refractivity (Wildman–Crippen MR) is 100 cm³/mol. The number of ether oxygens (including phenoxy) is 1. The molecule has 0 aromatic heterocycles. The Hall–Kier alpha value is -2.54. The molecule has 7 heteroatoms. The lowest BCUT2D eigenvalue weighted by Crippen LogP contribution is -2.44. The molecular weight excluding hydrogens is 369 g/mol. The predicted octanol–water partition coefficient (Wildman–Crippen LogP) is 4.11. The van der Waals surface area contributed by atoms with Crippen molar-refractivity contribution in [3.05, 3.63) is 65.2 Å². The molecular formula is C21H23F3N2O2. The number of piperidine rings is 1. The van der Waals surface area contributed by atoms with Crippen LogP contribution in [0.25, 0.3) is 0 Å². The first-order valence-electron chi connectivity index (χ1n) is 9.19. The number of benzene rings is 2. The van der Waals surface area contributed by atoms with Crippen molar-refractivity contribution in [2.45, 2.75) is 31.6 Å². The lowest BCUT2D eigenvalue weighted by Gasteiger charge is -2.32. The largest absolute Gasteiger partial charge is 0.496 e. The molecule has 3 rings (SSSR count). The zero-order valence-corrected chi connectivity index (χ0v) is 15.6. The van der Waals surface area contributed by atoms with E-state index in [4.69, 9.17) is 4.74 Å². The first-order chi connectivity index (χ1) is 13.4. The summed E-state index contributed by atoms with van der Waals surface area (Å²) in [5.74, 6) is 0.357. The van der Waals surface area contributed by atoms with Crippen LogP contribution in [-0.2, 0) is 12.7 Å². The minimum atomic E-state index is -4.33. The summed E-state index contributed by atoms with van der Waals surface area (Å²) in [6.45, 7) is 1.90. The van der Waals surface area contributed by atoms with E-state index in [0.29, 0.717) is 36.5 Å². The van der Waals surface area contributed by atoms with Crippen molar-refractivity contribution in [3.63, 3.8) is 0 Å². The molecule has 28 heavy (non-hydrogen) atoms. The molecule has 1 fully saturated rings. The van der Waals surface area contributed by atoms with E-state index in [-0.39, 0.29) is 11.9 Å². The van der Waals surface area contributed by atoms with Gasteiger partial charge in [-0.25, -0.2) is 0 Å². The third-order valence-electron chi connectivity index (χ3n) is 4.93. The van der Waals surface area contributed by atoms with Crippen LogP contribution in [0.4, 0.5) is 13.2 Å². The van der Waals surface area contributed by atoms with Crippen LogP contribution in [-0.4, -0.2) is 37.0 Å². The topological polar surface area (TPSA) is 41.6 Å². The van der Waals surface area contributed by atoms with Gasteiger partial charge in [0.25, 0.3) is 5.91 Å². The molecule has 1 heterocycles. The fourth-order valence-electron chi connectivity index (χ4n) is 3.43. The minimum Gasteiger partial charge on any atom is -0.496 e. The molecule has 0 unspecified atom stereocenters. The van der Waals surface area contributed by atoms with Crippen molar-refractivity contribution in [2.24, 2.45) is 0 Å². The van der Waals surface area contributed by atoms with Crippen molar-refractivity contribution in [1.82, 2.24) is 10.2 Å². The maximum absolute atomic E-state index is 12.9. The smallest absolute Gasteiger partial charge is 0.416 e. The summed E-state index contributed by atoms with van der Waals surface area (Å²) < 4.78 is 43.8. The molecule has 1 aliphatic rings. The molecule has 1 saturated heterocycles. The van der Waals surface area contributed by atoms with Gasteiger partial charge in [0.2, 0.25) is 0 Å². The molecule has 2 aromatic rings. The highest BCUT2D eigenvalue weighted by molar-refractivity contribution is 5.97. The number of rotatable bonds is 5. The maximum Gasteiger partial charge on any atom is 0.416 e. The summed E-state index contributed by atoms with van der Waals surface area (Å²) in [6, 6.07) is 12.5. The van der Waals surface area contributed by atoms with E-state index in [0.717, 1.165) is 18.9 Å². The number of nitrogens with zero attached hydrogens (tertiary/aromatic N) is 1. The van der Waals surface area contributed by atoms with Gasteiger partial charge in [-0.05, 0) is 36.6 Å². The number of carbonyl (C=O) groups excluding carboxylic acids is 1. The van der Waals surface area contributed by atoms with Crippen molar-refractivity contribution in [1.29, 1.82) is 0 Å². The molecule has 1 N–H and O–H groups in total. The first-order valence-corrected chi connectivity index (χ1v) is 9.19. The van der Waals surface area contributed by atoms with Crippen molar-refractivity contribution < 1.29 is 22.7 Å². The Kier molecular flexibility index (Phi) is 6.24. The number of hydrogen-bond acceptors (Lipinski definition) is 3. The van der Waals surface area contributed by atoms with Crippen LogP contribution in [0.5, 0.6) is 5.75 Å². The Bertz CT molecular complexity index is 815. The number of likely N-dealkylation sites (tertiary alicyclic amines) is 1. The van der Waals surface area contributed by atoms with E-state index in [9.17, 15) is 18.0 Å². The summed E-state index contributed by atoms with van der Waals surface area (Å²) in [5.41, 5.74) is 0.520. The highest BCUT2D eigenvalue weighted by atomic mass is 19.4. The number of halogens is 3. The number of para-hydroxylation sites is 1. The standard InChI is InChI=1S/C21H23F3N2O2/c1-28-19-8-3-2-7-18(19)20(27)25-17-9-11-26(12-10-17)14-15-5-4-6-16(13-15)21(22,23)24/h2-8,13,17H,9-12,14H2,1H3,(H,25,27). The highest BCUT2D eigenvalue weighted by Gasteiger charge is 2.30. The Morgan fingerprint density at radius 3 is 2.54 bits per heavy atom. The van der Waals surface area contributed by atoms with E-state index >= 15 is 0 Å². The lowest BCUT2D eigenvalue weighted by atomic mass is 10.0. The van der Waals surface area contributed by atoms with Crippen LogP contribution in [0.15, 0.2) is 48.5 Å². The maximum atomic E-state index is 12.9. The average molecular weight is 392 g/mol. The third-order valence-corrected chi connectivity index (χ3v) is 4.93. The molecule has 0 bridgehead atoms. The molecule has 4 nitrogen and oxygen atoms in total. The van der Waals surface area contributed by atoms with E-state index in [2.05, 4.69) is 10.2 Å². The van der Waals surface area contributed by atoms with Crippen LogP contribution in [0.3, 0.4) is 0 Å². The second-order valence-corrected chi connectivity index (χ2v) is 6.92. The van der Waals surface area contributed by atoms with Crippen LogP contribution in [0.2, 0.25) is 0 Å². The second-order valence-electron chi connectivity index (χ2n) is 6.92. The van der Waals surface area contributed by atoms with Gasteiger partial charge in [0.1, 0.15) is 5.75 Å². The van der Waals surface area contributed by atoms with Crippen molar-refractivity contribution in [2.75, 3.05) is 20.2 Å². The van der Waals surface area contributed by atoms with Crippen LogP contribution in [0, 0.1) is 0 Å². The lowest BCUT2D eigenvalue weighted by molar-refractivity contribution is -0.137. The van der Waals surface area contributed by atoms with Gasteiger partial charge in [0.15, 0.2) is 0 Å². The Morgan fingerprint density at radius 1 is 1.14 bits per heavy atom. The summed E-state index contributed by atoms with van der Waals surface area (Å²) in [4.78, 5) is 14.6. The summed E-state index contributed by atoms with van der Waals surface area (Å²) in [5, 5.41) is 3.03. The third kappa shape index (κ3) is 5.04. The van der Waals surface area contributed by atoms with Gasteiger partial charge in [-0.2, -0.15) is 13.2 Å². The van der Waals surface area contributed by atoms with Crippen LogP contribution in [0.1, 0.15) is 34.3 Å². The van der Waals surface area contributed by atoms with E-state index < -0.39 is 11.7 Å². The van der Waals surface area contributed by atoms with Gasteiger partial charge in [-0.3, -0.25) is 9.69 Å². The molecule has 0 atom stereocenters. The Labute approximate surface area is 162 Å². The minimum absolute atomic E-state index is 0.0372. The summed E-state index contributed by atoms with van der Waals surface area (Å²) in [7, 11) is 1.53. The first kappa shape index (κ1) is 20.2. The Morgan fingerprint density at radius 2 is 1.86 bits per heavy atom. The van der Waals surface area contributed by atoms with Gasteiger partial charge in [0, 0.05) is 25.7 Å². The fraction of sp³-hybridized carbons (Fsp3) is 0.381. The van der Waals surface area contributed by atoms with Crippen LogP contribution >= 0.6 is 0 Å². The number of hydrogen-bond donors (Lipinski definition) is 1. The van der Waals surface area contributed by atoms with Crippen molar-refractivity contribution in [3.8, 4) is 5.75 Å². The quantitative estimate of drug-likeness (QED) is 0.833. The fourth-order valence-corrected chi connectivity index (χ4v) is 3.43. The summed E-state index contributed by atoms with van der Waals surface area (Å²) in [6.07, 6.45) is -2.83. The molecule has 2 aromatic carbocycles. The number of methoxy groups -OCH3 is 1. The molecule has 0 spiro atoms. The molecule has 1 aliphatic heterocycles. The molecule has 0 radical (unpaired) electrons. The van der Waals surface area contributed by atoms with E-state index in [1.165, 1.54) is 19.2 Å². The van der Waals surface area contributed by atoms with Gasteiger partial charge in [-0.1, -0.05) is 30.3 Å². The zero-order chi connectivity index (χ0) is 20.1. The Balaban J connectivity index is 1.53. The normalized spacial score (nSPS) is 16.0. The number of nitrogens with one attached hydrogen (secondary N) is 1. The zero-order valence-electron chi connectivity index (χ0n) is 15.6. The monoisotopic (exact) mass is 392 g/mol. The number of amides is 1. The summed E-state index contributed by atoms with van der Waals surface area (Å²) >= 11 is 0.